The van der Waals surface area contributed by atoms with Gasteiger partial charge in [0.2, 0.25) is 11.7 Å². The number of para-hydroxylation sites is 2. The SMILES string of the molecule is O=C(Cn1c2ccccc2c2cc(-c3nn[nH]n3)ccc21)N(Cc1ccccc1)c1ccccc1. The summed E-state index contributed by atoms with van der Waals surface area (Å²) in [5, 5.41) is 16.5. The second-order valence-electron chi connectivity index (χ2n) is 8.37. The summed E-state index contributed by atoms with van der Waals surface area (Å²) in [4.78, 5) is 15.7. The van der Waals surface area contributed by atoms with Gasteiger partial charge in [-0.15, -0.1) is 10.2 Å². The van der Waals surface area contributed by atoms with E-state index in [9.17, 15) is 4.79 Å². The maximum absolute atomic E-state index is 13.8. The molecule has 0 unspecified atom stereocenters. The van der Waals surface area contributed by atoms with E-state index in [0.29, 0.717) is 12.4 Å². The predicted molar refractivity (Wildman–Crippen MR) is 137 cm³/mol. The van der Waals surface area contributed by atoms with Gasteiger partial charge >= 0.3 is 0 Å². The molecule has 6 aromatic rings. The van der Waals surface area contributed by atoms with Crippen molar-refractivity contribution in [2.24, 2.45) is 0 Å². The number of carbonyl (C=O) groups is 1. The molecule has 35 heavy (non-hydrogen) atoms. The van der Waals surface area contributed by atoms with Crippen LogP contribution in [0.4, 0.5) is 5.69 Å². The number of nitrogens with one attached hydrogen (secondary N) is 1. The van der Waals surface area contributed by atoms with Crippen LogP contribution in [0.5, 0.6) is 0 Å². The lowest BCUT2D eigenvalue weighted by molar-refractivity contribution is -0.119. The maximum atomic E-state index is 13.8. The lowest BCUT2D eigenvalue weighted by Gasteiger charge is -2.24. The fraction of sp³-hybridized carbons (Fsp3) is 0.0714. The van der Waals surface area contributed by atoms with Gasteiger partial charge in [0.15, 0.2) is 0 Å². The van der Waals surface area contributed by atoms with Crippen molar-refractivity contribution >= 4 is 33.4 Å². The van der Waals surface area contributed by atoms with Crippen LogP contribution in [0.15, 0.2) is 103 Å². The Hall–Kier alpha value is -4.78. The summed E-state index contributed by atoms with van der Waals surface area (Å²) in [5.74, 6) is 0.558. The molecule has 2 aromatic heterocycles. The molecule has 1 N–H and O–H groups in total. The first-order valence-electron chi connectivity index (χ1n) is 11.4. The number of hydrogen-bond donors (Lipinski definition) is 1. The highest BCUT2D eigenvalue weighted by molar-refractivity contribution is 6.10. The number of benzene rings is 4. The van der Waals surface area contributed by atoms with Crippen molar-refractivity contribution in [2.75, 3.05) is 4.90 Å². The van der Waals surface area contributed by atoms with Crippen molar-refractivity contribution in [2.45, 2.75) is 13.1 Å². The number of nitrogens with zero attached hydrogens (tertiary/aromatic N) is 5. The van der Waals surface area contributed by atoms with Gasteiger partial charge in [-0.3, -0.25) is 4.79 Å². The maximum Gasteiger partial charge on any atom is 0.247 e. The number of carbonyl (C=O) groups excluding carboxylic acids is 1. The molecule has 0 aliphatic heterocycles. The second kappa shape index (κ2) is 8.87. The van der Waals surface area contributed by atoms with Gasteiger partial charge in [-0.25, -0.2) is 0 Å². The molecule has 0 aliphatic rings. The van der Waals surface area contributed by atoms with Crippen molar-refractivity contribution in [3.63, 3.8) is 0 Å². The molecule has 0 bridgehead atoms. The first-order chi connectivity index (χ1) is 17.3. The summed E-state index contributed by atoms with van der Waals surface area (Å²) in [6.07, 6.45) is 0. The molecule has 0 fully saturated rings. The summed E-state index contributed by atoms with van der Waals surface area (Å²) in [7, 11) is 0. The Bertz CT molecular complexity index is 1610. The van der Waals surface area contributed by atoms with Crippen LogP contribution in [-0.2, 0) is 17.9 Å². The summed E-state index contributed by atoms with van der Waals surface area (Å²) in [6.45, 7) is 0.718. The highest BCUT2D eigenvalue weighted by Crippen LogP contribution is 2.32. The Labute approximate surface area is 201 Å². The minimum Gasteiger partial charge on any atom is -0.331 e. The molecule has 0 saturated heterocycles. The molecule has 0 aliphatic carbocycles. The summed E-state index contributed by atoms with van der Waals surface area (Å²) in [6, 6.07) is 34.1. The third kappa shape index (κ3) is 3.93. The fourth-order valence-corrected chi connectivity index (χ4v) is 4.57. The van der Waals surface area contributed by atoms with E-state index in [0.717, 1.165) is 38.6 Å². The van der Waals surface area contributed by atoms with E-state index in [1.165, 1.54) is 0 Å². The van der Waals surface area contributed by atoms with Gasteiger partial charge in [0.05, 0.1) is 6.54 Å². The standard InChI is InChI=1S/C28H22N6O/c35-27(33(22-11-5-2-6-12-22)18-20-9-3-1-4-10-20)19-34-25-14-8-7-13-23(25)24-17-21(15-16-26(24)34)28-29-31-32-30-28/h1-17H,18-19H2,(H,29,30,31,32). The topological polar surface area (TPSA) is 79.7 Å². The zero-order valence-electron chi connectivity index (χ0n) is 18.9. The molecule has 2 heterocycles. The molecule has 6 rings (SSSR count). The van der Waals surface area contributed by atoms with E-state index >= 15 is 0 Å². The summed E-state index contributed by atoms with van der Waals surface area (Å²) in [5.41, 5.74) is 4.82. The molecule has 170 valence electrons. The molecular weight excluding hydrogens is 436 g/mol. The molecule has 4 aromatic carbocycles. The van der Waals surface area contributed by atoms with Gasteiger partial charge in [0.25, 0.3) is 0 Å². The highest BCUT2D eigenvalue weighted by atomic mass is 16.2. The van der Waals surface area contributed by atoms with Crippen LogP contribution in [0.25, 0.3) is 33.2 Å². The fourth-order valence-electron chi connectivity index (χ4n) is 4.57. The molecule has 0 atom stereocenters. The van der Waals surface area contributed by atoms with Crippen LogP contribution < -0.4 is 4.90 Å². The Balaban J connectivity index is 1.42. The van der Waals surface area contributed by atoms with Gasteiger partial charge in [-0.2, -0.15) is 5.21 Å². The van der Waals surface area contributed by atoms with E-state index in [-0.39, 0.29) is 12.5 Å². The number of aromatic amines is 1. The molecule has 0 radical (unpaired) electrons. The zero-order valence-corrected chi connectivity index (χ0v) is 18.9. The molecule has 1 amide bonds. The van der Waals surface area contributed by atoms with E-state index in [1.54, 1.807) is 0 Å². The molecule has 0 saturated carbocycles. The number of H-pyrrole nitrogens is 1. The number of fused-ring (bicyclic) bond motifs is 3. The average molecular weight is 459 g/mol. The predicted octanol–water partition coefficient (Wildman–Crippen LogP) is 5.21. The molecular formula is C28H22N6O. The van der Waals surface area contributed by atoms with Gasteiger partial charge in [0, 0.05) is 33.1 Å². The Morgan fingerprint density at radius 2 is 1.51 bits per heavy atom. The first-order valence-corrected chi connectivity index (χ1v) is 11.4. The van der Waals surface area contributed by atoms with Crippen LogP contribution in [0.3, 0.4) is 0 Å². The summed E-state index contributed by atoms with van der Waals surface area (Å²) >= 11 is 0. The number of amides is 1. The largest absolute Gasteiger partial charge is 0.331 e. The normalized spacial score (nSPS) is 11.2. The number of aromatic nitrogens is 5. The molecule has 0 spiro atoms. The van der Waals surface area contributed by atoms with Crippen molar-refractivity contribution < 1.29 is 4.79 Å². The van der Waals surface area contributed by atoms with E-state index in [1.807, 2.05) is 89.8 Å². The Morgan fingerprint density at radius 3 is 2.29 bits per heavy atom. The number of anilines is 1. The van der Waals surface area contributed by atoms with Crippen LogP contribution in [0.2, 0.25) is 0 Å². The van der Waals surface area contributed by atoms with Crippen LogP contribution in [-0.4, -0.2) is 31.1 Å². The van der Waals surface area contributed by atoms with Crippen LogP contribution in [0.1, 0.15) is 5.56 Å². The second-order valence-corrected chi connectivity index (χ2v) is 8.37. The van der Waals surface area contributed by atoms with Gasteiger partial charge in [-0.1, -0.05) is 66.7 Å². The van der Waals surface area contributed by atoms with Gasteiger partial charge in [0.1, 0.15) is 6.54 Å². The first kappa shape index (κ1) is 20.8. The van der Waals surface area contributed by atoms with Crippen molar-refractivity contribution in [3.8, 4) is 11.4 Å². The minimum atomic E-state index is 0.0185. The Morgan fingerprint density at radius 1 is 0.800 bits per heavy atom. The van der Waals surface area contributed by atoms with E-state index in [2.05, 4.69) is 43.4 Å². The van der Waals surface area contributed by atoms with Crippen molar-refractivity contribution in [3.05, 3.63) is 109 Å². The Kier molecular flexibility index (Phi) is 5.27. The number of hydrogen-bond acceptors (Lipinski definition) is 4. The smallest absolute Gasteiger partial charge is 0.247 e. The van der Waals surface area contributed by atoms with E-state index in [4.69, 9.17) is 0 Å². The van der Waals surface area contributed by atoms with Crippen molar-refractivity contribution in [1.82, 2.24) is 25.2 Å². The lowest BCUT2D eigenvalue weighted by Crippen LogP contribution is -2.33. The number of tetrazole rings is 1. The van der Waals surface area contributed by atoms with E-state index < -0.39 is 0 Å². The zero-order chi connectivity index (χ0) is 23.6. The average Bonchev–Trinajstić information content (AvgIpc) is 3.56. The highest BCUT2D eigenvalue weighted by Gasteiger charge is 2.20. The van der Waals surface area contributed by atoms with Gasteiger partial charge in [-0.05, 0) is 47.2 Å². The third-order valence-corrected chi connectivity index (χ3v) is 6.22. The lowest BCUT2D eigenvalue weighted by atomic mass is 10.1. The minimum absolute atomic E-state index is 0.0185. The van der Waals surface area contributed by atoms with Crippen LogP contribution in [0, 0.1) is 0 Å². The van der Waals surface area contributed by atoms with Crippen molar-refractivity contribution in [1.29, 1.82) is 0 Å². The van der Waals surface area contributed by atoms with Crippen LogP contribution >= 0.6 is 0 Å². The molecule has 7 heteroatoms. The number of rotatable bonds is 6. The third-order valence-electron chi connectivity index (χ3n) is 6.22. The monoisotopic (exact) mass is 458 g/mol. The summed E-state index contributed by atoms with van der Waals surface area (Å²) < 4.78 is 2.09. The molecule has 7 nitrogen and oxygen atoms in total. The quantitative estimate of drug-likeness (QED) is 0.372. The van der Waals surface area contributed by atoms with Gasteiger partial charge < -0.3 is 9.47 Å².